The van der Waals surface area contributed by atoms with E-state index in [1.807, 2.05) is 0 Å². The summed E-state index contributed by atoms with van der Waals surface area (Å²) in [5, 5.41) is 15.2. The van der Waals surface area contributed by atoms with Crippen LogP contribution in [-0.2, 0) is 11.3 Å². The molecule has 0 unspecified atom stereocenters. The molecule has 1 heterocycles. The van der Waals surface area contributed by atoms with Crippen molar-refractivity contribution in [3.05, 3.63) is 12.2 Å². The predicted molar refractivity (Wildman–Crippen MR) is 53.6 cm³/mol. The Hall–Kier alpha value is -1.63. The highest BCUT2D eigenvalue weighted by Crippen LogP contribution is 1.95. The van der Waals surface area contributed by atoms with Crippen LogP contribution in [0.15, 0.2) is 11.5 Å². The Morgan fingerprint density at radius 3 is 3.13 bits per heavy atom. The molecule has 3 N–H and O–H groups in total. The van der Waals surface area contributed by atoms with Crippen LogP contribution in [0.25, 0.3) is 0 Å². The molecule has 0 radical (unpaired) electrons. The Kier molecular flexibility index (Phi) is 4.55. The van der Waals surface area contributed by atoms with Gasteiger partial charge in [-0.25, -0.2) is 4.98 Å². The standard InChI is InChI=1S/C8H15N5O2/c1-15-5-3-2-4-13-6-10-8(11-13)7(9)12-14/h6,14H,2-5H2,1H3,(H2,9,12). The molecule has 84 valence electrons. The number of hydrogen-bond acceptors (Lipinski definition) is 5. The SMILES string of the molecule is COCCCCn1cnc(C(N)=NO)n1. The van der Waals surface area contributed by atoms with Crippen molar-refractivity contribution in [2.45, 2.75) is 19.4 Å². The van der Waals surface area contributed by atoms with Gasteiger partial charge in [-0.05, 0) is 12.8 Å². The van der Waals surface area contributed by atoms with Crippen molar-refractivity contribution in [2.24, 2.45) is 10.9 Å². The largest absolute Gasteiger partial charge is 0.409 e. The van der Waals surface area contributed by atoms with E-state index in [-0.39, 0.29) is 11.7 Å². The highest BCUT2D eigenvalue weighted by Gasteiger charge is 2.04. The van der Waals surface area contributed by atoms with Gasteiger partial charge >= 0.3 is 0 Å². The van der Waals surface area contributed by atoms with Crippen LogP contribution in [0.5, 0.6) is 0 Å². The lowest BCUT2D eigenvalue weighted by Gasteiger charge is -1.99. The average molecular weight is 213 g/mol. The molecular weight excluding hydrogens is 198 g/mol. The molecule has 0 aliphatic heterocycles. The second-order valence-electron chi connectivity index (χ2n) is 3.02. The molecule has 0 aromatic carbocycles. The number of hydrogen-bond donors (Lipinski definition) is 2. The topological polar surface area (TPSA) is 98.6 Å². The maximum Gasteiger partial charge on any atom is 0.219 e. The fraction of sp³-hybridized carbons (Fsp3) is 0.625. The number of aryl methyl sites for hydroxylation is 1. The van der Waals surface area contributed by atoms with Crippen molar-refractivity contribution in [2.75, 3.05) is 13.7 Å². The summed E-state index contributed by atoms with van der Waals surface area (Å²) in [5.41, 5.74) is 5.33. The van der Waals surface area contributed by atoms with Gasteiger partial charge in [-0.2, -0.15) is 0 Å². The summed E-state index contributed by atoms with van der Waals surface area (Å²) in [4.78, 5) is 3.89. The molecule has 0 aliphatic carbocycles. The monoisotopic (exact) mass is 213 g/mol. The van der Waals surface area contributed by atoms with Crippen molar-refractivity contribution in [1.82, 2.24) is 14.8 Å². The lowest BCUT2D eigenvalue weighted by molar-refractivity contribution is 0.191. The Morgan fingerprint density at radius 1 is 1.67 bits per heavy atom. The fourth-order valence-corrected chi connectivity index (χ4v) is 1.08. The van der Waals surface area contributed by atoms with Crippen LogP contribution in [0, 0.1) is 0 Å². The van der Waals surface area contributed by atoms with Crippen LogP contribution >= 0.6 is 0 Å². The summed E-state index contributed by atoms with van der Waals surface area (Å²) >= 11 is 0. The van der Waals surface area contributed by atoms with Gasteiger partial charge in [-0.1, -0.05) is 5.16 Å². The molecule has 1 aromatic heterocycles. The highest BCUT2D eigenvalue weighted by atomic mass is 16.5. The maximum atomic E-state index is 8.40. The number of methoxy groups -OCH3 is 1. The van der Waals surface area contributed by atoms with Gasteiger partial charge in [0.25, 0.3) is 0 Å². The summed E-state index contributed by atoms with van der Waals surface area (Å²) in [5.74, 6) is 0.162. The molecule has 0 saturated heterocycles. The molecule has 0 amide bonds. The molecule has 0 spiro atoms. The Balaban J connectivity index is 2.40. The number of aromatic nitrogens is 3. The van der Waals surface area contributed by atoms with Gasteiger partial charge in [0.1, 0.15) is 6.33 Å². The van der Waals surface area contributed by atoms with Crippen molar-refractivity contribution >= 4 is 5.84 Å². The molecule has 0 saturated carbocycles. The van der Waals surface area contributed by atoms with E-state index < -0.39 is 0 Å². The lowest BCUT2D eigenvalue weighted by Crippen LogP contribution is -2.15. The second-order valence-corrected chi connectivity index (χ2v) is 3.02. The number of rotatable bonds is 6. The van der Waals surface area contributed by atoms with Gasteiger partial charge in [-0.15, -0.1) is 5.10 Å². The van der Waals surface area contributed by atoms with Gasteiger partial charge in [0.2, 0.25) is 11.7 Å². The summed E-state index contributed by atoms with van der Waals surface area (Å²) in [7, 11) is 1.67. The molecule has 0 fully saturated rings. The van der Waals surface area contributed by atoms with Crippen molar-refractivity contribution in [1.29, 1.82) is 0 Å². The maximum absolute atomic E-state index is 8.40. The van der Waals surface area contributed by atoms with Gasteiger partial charge in [0.15, 0.2) is 0 Å². The van der Waals surface area contributed by atoms with Gasteiger partial charge in [-0.3, -0.25) is 4.68 Å². The molecule has 7 nitrogen and oxygen atoms in total. The number of unbranched alkanes of at least 4 members (excludes halogenated alkanes) is 1. The fourth-order valence-electron chi connectivity index (χ4n) is 1.08. The van der Waals surface area contributed by atoms with E-state index in [1.165, 1.54) is 0 Å². The first-order valence-electron chi connectivity index (χ1n) is 4.64. The molecule has 1 rings (SSSR count). The lowest BCUT2D eigenvalue weighted by atomic mass is 10.3. The van der Waals surface area contributed by atoms with E-state index in [0.29, 0.717) is 0 Å². The van der Waals surface area contributed by atoms with Gasteiger partial charge in [0, 0.05) is 20.3 Å². The summed E-state index contributed by atoms with van der Waals surface area (Å²) in [6.07, 6.45) is 3.47. The van der Waals surface area contributed by atoms with Gasteiger partial charge < -0.3 is 15.7 Å². The zero-order valence-corrected chi connectivity index (χ0v) is 8.63. The van der Waals surface area contributed by atoms with Crippen LogP contribution in [0.4, 0.5) is 0 Å². The minimum atomic E-state index is -0.0781. The molecule has 0 aliphatic rings. The van der Waals surface area contributed by atoms with Crippen LogP contribution in [0.1, 0.15) is 18.7 Å². The normalized spacial score (nSPS) is 11.9. The van der Waals surface area contributed by atoms with E-state index in [2.05, 4.69) is 15.2 Å². The second kappa shape index (κ2) is 5.97. The van der Waals surface area contributed by atoms with E-state index >= 15 is 0 Å². The first-order valence-corrected chi connectivity index (χ1v) is 4.64. The molecule has 0 bridgehead atoms. The smallest absolute Gasteiger partial charge is 0.219 e. The highest BCUT2D eigenvalue weighted by molar-refractivity contribution is 5.93. The Morgan fingerprint density at radius 2 is 2.47 bits per heavy atom. The van der Waals surface area contributed by atoms with Crippen molar-refractivity contribution < 1.29 is 9.94 Å². The quantitative estimate of drug-likeness (QED) is 0.224. The number of oxime groups is 1. The first-order chi connectivity index (χ1) is 7.27. The number of nitrogens with two attached hydrogens (primary N) is 1. The summed E-state index contributed by atoms with van der Waals surface area (Å²) < 4.78 is 6.58. The minimum absolute atomic E-state index is 0.0781. The molecular formula is C8H15N5O2. The first kappa shape index (κ1) is 11.4. The third-order valence-corrected chi connectivity index (χ3v) is 1.86. The van der Waals surface area contributed by atoms with Crippen LogP contribution < -0.4 is 5.73 Å². The van der Waals surface area contributed by atoms with E-state index in [0.717, 1.165) is 26.0 Å². The van der Waals surface area contributed by atoms with Gasteiger partial charge in [0.05, 0.1) is 0 Å². The Bertz CT molecular complexity index is 323. The molecule has 1 aromatic rings. The van der Waals surface area contributed by atoms with Crippen molar-refractivity contribution in [3.63, 3.8) is 0 Å². The number of ether oxygens (including phenoxy) is 1. The van der Waals surface area contributed by atoms with E-state index in [1.54, 1.807) is 18.1 Å². The summed E-state index contributed by atoms with van der Waals surface area (Å²) in [6.45, 7) is 1.48. The molecule has 0 atom stereocenters. The van der Waals surface area contributed by atoms with Crippen LogP contribution in [0.3, 0.4) is 0 Å². The zero-order chi connectivity index (χ0) is 11.1. The number of amidine groups is 1. The molecule has 15 heavy (non-hydrogen) atoms. The van der Waals surface area contributed by atoms with Crippen molar-refractivity contribution in [3.8, 4) is 0 Å². The minimum Gasteiger partial charge on any atom is -0.409 e. The average Bonchev–Trinajstić information content (AvgIpc) is 2.72. The molecule has 7 heteroatoms. The van der Waals surface area contributed by atoms with E-state index in [4.69, 9.17) is 15.7 Å². The summed E-state index contributed by atoms with van der Waals surface area (Å²) in [6, 6.07) is 0. The number of nitrogens with zero attached hydrogens (tertiary/aromatic N) is 4. The van der Waals surface area contributed by atoms with Crippen LogP contribution in [0.2, 0.25) is 0 Å². The third-order valence-electron chi connectivity index (χ3n) is 1.86. The predicted octanol–water partition coefficient (Wildman–Crippen LogP) is -0.201. The van der Waals surface area contributed by atoms with Crippen LogP contribution in [-0.4, -0.2) is 39.5 Å². The zero-order valence-electron chi connectivity index (χ0n) is 8.63. The Labute approximate surface area is 87.5 Å². The van der Waals surface area contributed by atoms with E-state index in [9.17, 15) is 0 Å². The third kappa shape index (κ3) is 3.55.